The molecule has 0 aliphatic heterocycles. The number of amides is 5. The smallest absolute Gasteiger partial charge is 0.327 e. The molecule has 8 N–H and O–H groups in total. The molecule has 13 nitrogen and oxygen atoms in total. The number of aliphatic carboxylic acids is 1. The van der Waals surface area contributed by atoms with Crippen molar-refractivity contribution in [3.8, 4) is 0 Å². The van der Waals surface area contributed by atoms with E-state index in [1.54, 1.807) is 55.4 Å². The average molecular weight is 621 g/mol. The van der Waals surface area contributed by atoms with Crippen LogP contribution in [-0.2, 0) is 28.8 Å². The van der Waals surface area contributed by atoms with E-state index in [4.69, 9.17) is 5.73 Å². The van der Waals surface area contributed by atoms with Gasteiger partial charge in [0.05, 0.1) is 6.04 Å². The van der Waals surface area contributed by atoms with Crippen LogP contribution in [0.25, 0.3) is 0 Å². The second kappa shape index (κ2) is 18.1. The molecule has 0 aliphatic rings. The number of carbonyl (C=O) groups excluding carboxylic acids is 5. The van der Waals surface area contributed by atoms with E-state index in [-0.39, 0.29) is 23.3 Å². The third kappa shape index (κ3) is 12.5. The largest absolute Gasteiger partial charge is 0.480 e. The second-order valence-corrected chi connectivity index (χ2v) is 12.0. The van der Waals surface area contributed by atoms with Crippen LogP contribution in [0.15, 0.2) is 0 Å². The summed E-state index contributed by atoms with van der Waals surface area (Å²) in [4.78, 5) is 76.1. The molecule has 0 saturated carbocycles. The Bertz CT molecular complexity index is 932. The van der Waals surface area contributed by atoms with Gasteiger partial charge in [-0.2, -0.15) is 25.3 Å². The monoisotopic (exact) mass is 620 g/mol. The predicted octanol–water partition coefficient (Wildman–Crippen LogP) is -0.694. The van der Waals surface area contributed by atoms with Crippen LogP contribution in [0.5, 0.6) is 0 Å². The Labute approximate surface area is 253 Å². The number of rotatable bonds is 17. The first-order valence-electron chi connectivity index (χ1n) is 13.6. The Hall–Kier alpha value is -2.52. The lowest BCUT2D eigenvalue weighted by atomic mass is 9.97. The van der Waals surface area contributed by atoms with Gasteiger partial charge in [0.15, 0.2) is 0 Å². The standard InChI is InChI=1S/C26H48N6O7S2/c1-11(2)17(22(34)28-16(10-41)26(38)39)30-24(36)19(13(5)6)32-25(37)20(14(7)8)31-23(35)18(12(3)4)29-21(33)15(27)9-40/h11-20,40-41H,9-10,27H2,1-8H3,(H,28,34)(H,29,33)(H,30,36)(H,31,35)(H,32,37)(H,38,39)/t15-,16-,17-,18-,19-,20-/m0/s1. The lowest BCUT2D eigenvalue weighted by molar-refractivity contribution is -0.142. The quantitative estimate of drug-likeness (QED) is 0.0948. The number of carboxylic acids is 1. The molecule has 0 fully saturated rings. The molecule has 0 aliphatic carbocycles. The zero-order valence-corrected chi connectivity index (χ0v) is 26.8. The minimum atomic E-state index is -1.26. The molecule has 15 heteroatoms. The minimum Gasteiger partial charge on any atom is -0.480 e. The van der Waals surface area contributed by atoms with Crippen LogP contribution in [-0.4, -0.2) is 88.4 Å². The van der Waals surface area contributed by atoms with Crippen molar-refractivity contribution in [2.75, 3.05) is 11.5 Å². The molecule has 0 spiro atoms. The van der Waals surface area contributed by atoms with Crippen LogP contribution in [0.4, 0.5) is 0 Å². The van der Waals surface area contributed by atoms with E-state index in [9.17, 15) is 33.9 Å². The van der Waals surface area contributed by atoms with Gasteiger partial charge in [0.1, 0.15) is 30.2 Å². The van der Waals surface area contributed by atoms with Crippen LogP contribution in [0.1, 0.15) is 55.4 Å². The summed E-state index contributed by atoms with van der Waals surface area (Å²) in [6, 6.07) is -6.33. The molecule has 0 aromatic rings. The molecular formula is C26H48N6O7S2. The first kappa shape index (κ1) is 38.5. The normalized spacial score (nSPS) is 15.9. The molecule has 0 heterocycles. The van der Waals surface area contributed by atoms with Gasteiger partial charge in [0.25, 0.3) is 0 Å². The van der Waals surface area contributed by atoms with Crippen molar-refractivity contribution in [1.29, 1.82) is 0 Å². The van der Waals surface area contributed by atoms with Crippen LogP contribution < -0.4 is 32.3 Å². The summed E-state index contributed by atoms with van der Waals surface area (Å²) in [5.74, 6) is -5.96. The molecule has 0 aromatic carbocycles. The van der Waals surface area contributed by atoms with Crippen molar-refractivity contribution in [3.05, 3.63) is 0 Å². The maximum atomic E-state index is 13.3. The molecule has 0 aromatic heterocycles. The van der Waals surface area contributed by atoms with Crippen molar-refractivity contribution in [2.45, 2.75) is 91.6 Å². The summed E-state index contributed by atoms with van der Waals surface area (Å²) in [6.07, 6.45) is 0. The lowest BCUT2D eigenvalue weighted by Gasteiger charge is -2.31. The Morgan fingerprint density at radius 2 is 0.805 bits per heavy atom. The molecule has 0 saturated heterocycles. The van der Waals surface area contributed by atoms with E-state index >= 15 is 0 Å². The van der Waals surface area contributed by atoms with Gasteiger partial charge in [0, 0.05) is 11.5 Å². The molecule has 0 bridgehead atoms. The average Bonchev–Trinajstić information content (AvgIpc) is 2.88. The van der Waals surface area contributed by atoms with Gasteiger partial charge in [-0.25, -0.2) is 4.79 Å². The minimum absolute atomic E-state index is 0.0859. The van der Waals surface area contributed by atoms with E-state index in [0.717, 1.165) is 0 Å². The highest BCUT2D eigenvalue weighted by Crippen LogP contribution is 2.11. The molecule has 0 unspecified atom stereocenters. The Morgan fingerprint density at radius 1 is 0.537 bits per heavy atom. The van der Waals surface area contributed by atoms with Gasteiger partial charge in [0.2, 0.25) is 29.5 Å². The molecule has 236 valence electrons. The van der Waals surface area contributed by atoms with Crippen LogP contribution in [0.3, 0.4) is 0 Å². The Morgan fingerprint density at radius 3 is 1.02 bits per heavy atom. The van der Waals surface area contributed by atoms with Crippen LogP contribution in [0, 0.1) is 23.7 Å². The molecule has 5 amide bonds. The Balaban J connectivity index is 5.78. The van der Waals surface area contributed by atoms with E-state index in [1.807, 2.05) is 0 Å². The fourth-order valence-corrected chi connectivity index (χ4v) is 4.07. The number of thiol groups is 2. The number of nitrogens with one attached hydrogen (secondary N) is 5. The summed E-state index contributed by atoms with van der Waals surface area (Å²) in [6.45, 7) is 13.7. The first-order valence-corrected chi connectivity index (χ1v) is 14.9. The van der Waals surface area contributed by atoms with Crippen LogP contribution >= 0.6 is 25.3 Å². The first-order chi connectivity index (χ1) is 18.9. The SMILES string of the molecule is CC(C)[C@H](NC(=O)[C@@H](NC(=O)[C@@H](NC(=O)[C@@H](NC(=O)[C@@H](N)CS)C(C)C)C(C)C)C(C)C)C(=O)N[C@@H](CS)C(=O)O. The van der Waals surface area contributed by atoms with Crippen molar-refractivity contribution in [1.82, 2.24) is 26.6 Å². The molecule has 0 rings (SSSR count). The molecule has 41 heavy (non-hydrogen) atoms. The van der Waals surface area contributed by atoms with Gasteiger partial charge in [-0.3, -0.25) is 24.0 Å². The zero-order chi connectivity index (χ0) is 32.2. The fourth-order valence-electron chi connectivity index (χ4n) is 3.66. The zero-order valence-electron chi connectivity index (χ0n) is 25.1. The topological polar surface area (TPSA) is 209 Å². The molecular weight excluding hydrogens is 572 g/mol. The number of hydrogen-bond donors (Lipinski definition) is 9. The highest BCUT2D eigenvalue weighted by Gasteiger charge is 2.35. The summed E-state index contributed by atoms with van der Waals surface area (Å²) in [5, 5.41) is 22.1. The van der Waals surface area contributed by atoms with E-state index < -0.39 is 83.6 Å². The Kier molecular flexibility index (Phi) is 17.0. The fraction of sp³-hybridized carbons (Fsp3) is 0.769. The highest BCUT2D eigenvalue weighted by atomic mass is 32.1. The van der Waals surface area contributed by atoms with Crippen molar-refractivity contribution in [2.24, 2.45) is 29.4 Å². The maximum absolute atomic E-state index is 13.3. The third-order valence-corrected chi connectivity index (χ3v) is 7.08. The van der Waals surface area contributed by atoms with Gasteiger partial charge in [-0.05, 0) is 23.7 Å². The summed E-state index contributed by atoms with van der Waals surface area (Å²) >= 11 is 7.94. The lowest BCUT2D eigenvalue weighted by Crippen LogP contribution is -2.62. The van der Waals surface area contributed by atoms with Gasteiger partial charge in [-0.15, -0.1) is 0 Å². The molecule has 0 radical (unpaired) electrons. The van der Waals surface area contributed by atoms with E-state index in [1.165, 1.54) is 0 Å². The third-order valence-electron chi connectivity index (χ3n) is 6.32. The second-order valence-electron chi connectivity index (χ2n) is 11.3. The van der Waals surface area contributed by atoms with E-state index in [0.29, 0.717) is 0 Å². The van der Waals surface area contributed by atoms with Gasteiger partial charge in [-0.1, -0.05) is 55.4 Å². The van der Waals surface area contributed by atoms with Crippen LogP contribution in [0.2, 0.25) is 0 Å². The van der Waals surface area contributed by atoms with Crippen molar-refractivity contribution < 1.29 is 33.9 Å². The summed E-state index contributed by atoms with van der Waals surface area (Å²) in [7, 11) is 0. The number of carboxylic acid groups (broad SMARTS) is 1. The molecule has 6 atom stereocenters. The number of carbonyl (C=O) groups is 6. The number of nitrogens with two attached hydrogens (primary N) is 1. The van der Waals surface area contributed by atoms with Crippen molar-refractivity contribution in [3.63, 3.8) is 0 Å². The number of hydrogen-bond acceptors (Lipinski definition) is 9. The van der Waals surface area contributed by atoms with E-state index in [2.05, 4.69) is 51.8 Å². The summed E-state index contributed by atoms with van der Waals surface area (Å²) < 4.78 is 0. The predicted molar refractivity (Wildman–Crippen MR) is 162 cm³/mol. The van der Waals surface area contributed by atoms with Gasteiger partial charge >= 0.3 is 5.97 Å². The summed E-state index contributed by atoms with van der Waals surface area (Å²) in [5.41, 5.74) is 5.71. The highest BCUT2D eigenvalue weighted by molar-refractivity contribution is 7.80. The van der Waals surface area contributed by atoms with Gasteiger partial charge < -0.3 is 37.4 Å². The van der Waals surface area contributed by atoms with Crippen molar-refractivity contribution >= 4 is 60.8 Å². The maximum Gasteiger partial charge on any atom is 0.327 e.